The third-order valence-corrected chi connectivity index (χ3v) is 5.80. The molecule has 1 amide bonds. The minimum absolute atomic E-state index is 0.0844. The molecule has 0 N–H and O–H groups in total. The van der Waals surface area contributed by atoms with E-state index >= 15 is 0 Å². The summed E-state index contributed by atoms with van der Waals surface area (Å²) in [5.41, 5.74) is 2.06. The molecule has 2 aliphatic rings. The molecule has 8 nitrogen and oxygen atoms in total. The van der Waals surface area contributed by atoms with Crippen molar-refractivity contribution in [3.8, 4) is 17.2 Å². The zero-order valence-corrected chi connectivity index (χ0v) is 18.0. The van der Waals surface area contributed by atoms with Crippen molar-refractivity contribution in [3.63, 3.8) is 0 Å². The van der Waals surface area contributed by atoms with Crippen LogP contribution in [0.25, 0.3) is 0 Å². The van der Waals surface area contributed by atoms with Crippen LogP contribution < -0.4 is 14.2 Å². The van der Waals surface area contributed by atoms with E-state index in [1.165, 1.54) is 0 Å². The van der Waals surface area contributed by atoms with Crippen LogP contribution in [0.2, 0.25) is 0 Å². The Hall–Kier alpha value is -3.91. The highest BCUT2D eigenvalue weighted by Gasteiger charge is 2.46. The van der Waals surface area contributed by atoms with Gasteiger partial charge in [0.25, 0.3) is 5.91 Å². The third kappa shape index (κ3) is 3.78. The van der Waals surface area contributed by atoms with Gasteiger partial charge in [-0.1, -0.05) is 12.1 Å². The van der Waals surface area contributed by atoms with E-state index < -0.39 is 5.79 Å². The standard InChI is InChI=1S/C25H22N2O6/c1-30-21-8-6-18(7-9-21)25(19-3-2-4-20(16-19)26-29)32-22-10-5-17(15-23(22)33-25)24(28)27-11-13-31-14-12-27/h2-10,15-16H,11-14H2,1H3. The smallest absolute Gasteiger partial charge is 0.305 e. The normalized spacial score (nSPS) is 19.2. The van der Waals surface area contributed by atoms with Crippen LogP contribution in [0.1, 0.15) is 21.5 Å². The number of ether oxygens (including phenoxy) is 4. The quantitative estimate of drug-likeness (QED) is 0.545. The van der Waals surface area contributed by atoms with Crippen LogP contribution in [-0.2, 0) is 10.5 Å². The molecule has 1 atom stereocenters. The van der Waals surface area contributed by atoms with E-state index in [-0.39, 0.29) is 11.6 Å². The number of hydrogen-bond donors (Lipinski definition) is 0. The van der Waals surface area contributed by atoms with E-state index in [2.05, 4.69) is 5.18 Å². The highest BCUT2D eigenvalue weighted by atomic mass is 16.7. The Morgan fingerprint density at radius 3 is 2.42 bits per heavy atom. The van der Waals surface area contributed by atoms with E-state index in [0.717, 1.165) is 0 Å². The molecule has 1 saturated heterocycles. The predicted octanol–water partition coefficient (Wildman–Crippen LogP) is 4.24. The SMILES string of the molecule is COc1ccc(C2(c3cccc(N=O)c3)Oc3ccc(C(=O)N4CCOCC4)cc3O2)cc1. The molecular weight excluding hydrogens is 424 g/mol. The van der Waals surface area contributed by atoms with E-state index in [0.29, 0.717) is 60.2 Å². The summed E-state index contributed by atoms with van der Waals surface area (Å²) in [7, 11) is 1.59. The zero-order valence-electron chi connectivity index (χ0n) is 18.0. The topological polar surface area (TPSA) is 86.7 Å². The van der Waals surface area contributed by atoms with Crippen molar-refractivity contribution >= 4 is 11.6 Å². The van der Waals surface area contributed by atoms with Gasteiger partial charge in [0, 0.05) is 29.8 Å². The van der Waals surface area contributed by atoms with Gasteiger partial charge in [-0.2, -0.15) is 0 Å². The Morgan fingerprint density at radius 2 is 1.70 bits per heavy atom. The number of fused-ring (bicyclic) bond motifs is 1. The van der Waals surface area contributed by atoms with Crippen molar-refractivity contribution in [2.24, 2.45) is 5.18 Å². The van der Waals surface area contributed by atoms with E-state index in [9.17, 15) is 9.70 Å². The third-order valence-electron chi connectivity index (χ3n) is 5.80. The average Bonchev–Trinajstić information content (AvgIpc) is 3.29. The van der Waals surface area contributed by atoms with Crippen LogP contribution >= 0.6 is 0 Å². The summed E-state index contributed by atoms with van der Waals surface area (Å²) in [6.45, 7) is 2.15. The minimum Gasteiger partial charge on any atom is -0.497 e. The fourth-order valence-corrected chi connectivity index (χ4v) is 4.06. The van der Waals surface area contributed by atoms with Crippen LogP contribution in [0.4, 0.5) is 5.69 Å². The molecule has 168 valence electrons. The lowest BCUT2D eigenvalue weighted by Gasteiger charge is -2.29. The maximum absolute atomic E-state index is 13.0. The highest BCUT2D eigenvalue weighted by Crippen LogP contribution is 2.48. The Labute approximate surface area is 190 Å². The molecule has 2 aliphatic heterocycles. The maximum Gasteiger partial charge on any atom is 0.305 e. The van der Waals surface area contributed by atoms with Gasteiger partial charge in [0.15, 0.2) is 11.5 Å². The fraction of sp³-hybridized carbons (Fsp3) is 0.240. The van der Waals surface area contributed by atoms with Crippen molar-refractivity contribution in [2.75, 3.05) is 33.4 Å². The van der Waals surface area contributed by atoms with Crippen LogP contribution in [0.15, 0.2) is 71.9 Å². The summed E-state index contributed by atoms with van der Waals surface area (Å²) in [6.07, 6.45) is 0. The summed E-state index contributed by atoms with van der Waals surface area (Å²) in [5, 5.41) is 3.05. The molecule has 1 unspecified atom stereocenters. The van der Waals surface area contributed by atoms with Crippen LogP contribution in [0, 0.1) is 4.91 Å². The number of rotatable bonds is 5. The summed E-state index contributed by atoms with van der Waals surface area (Å²) in [5.74, 6) is 0.184. The molecule has 0 spiro atoms. The largest absolute Gasteiger partial charge is 0.497 e. The number of hydrogen-bond acceptors (Lipinski definition) is 7. The van der Waals surface area contributed by atoms with Gasteiger partial charge in [0.05, 0.1) is 20.3 Å². The number of methoxy groups -OCH3 is 1. The Kier molecular flexibility index (Phi) is 5.43. The van der Waals surface area contributed by atoms with Gasteiger partial charge in [-0.15, -0.1) is 4.91 Å². The molecular formula is C25H22N2O6. The lowest BCUT2D eigenvalue weighted by atomic mass is 9.96. The lowest BCUT2D eigenvalue weighted by molar-refractivity contribution is -0.0459. The molecule has 33 heavy (non-hydrogen) atoms. The molecule has 0 radical (unpaired) electrons. The molecule has 5 rings (SSSR count). The first kappa shape index (κ1) is 21.0. The van der Waals surface area contributed by atoms with Crippen molar-refractivity contribution in [3.05, 3.63) is 88.3 Å². The van der Waals surface area contributed by atoms with Gasteiger partial charge in [0.1, 0.15) is 11.4 Å². The van der Waals surface area contributed by atoms with Gasteiger partial charge in [0.2, 0.25) is 0 Å². The molecule has 0 aliphatic carbocycles. The Bertz CT molecular complexity index is 1190. The average molecular weight is 446 g/mol. The highest BCUT2D eigenvalue weighted by molar-refractivity contribution is 5.95. The second-order valence-corrected chi connectivity index (χ2v) is 7.76. The number of nitrogens with zero attached hydrogens (tertiary/aromatic N) is 2. The lowest BCUT2D eigenvalue weighted by Crippen LogP contribution is -2.40. The second kappa shape index (κ2) is 8.55. The molecule has 8 heteroatoms. The number of amides is 1. The first-order valence-electron chi connectivity index (χ1n) is 10.6. The van der Waals surface area contributed by atoms with Crippen LogP contribution in [0.3, 0.4) is 0 Å². The van der Waals surface area contributed by atoms with E-state index in [1.807, 2.05) is 30.3 Å². The van der Waals surface area contributed by atoms with Crippen molar-refractivity contribution < 1.29 is 23.7 Å². The zero-order chi connectivity index (χ0) is 22.8. The van der Waals surface area contributed by atoms with E-state index in [1.54, 1.807) is 48.4 Å². The van der Waals surface area contributed by atoms with Crippen LogP contribution in [0.5, 0.6) is 17.2 Å². The van der Waals surface area contributed by atoms with E-state index in [4.69, 9.17) is 18.9 Å². The fourth-order valence-electron chi connectivity index (χ4n) is 4.06. The van der Waals surface area contributed by atoms with Gasteiger partial charge in [-0.3, -0.25) is 4.79 Å². The number of morpholine rings is 1. The number of benzene rings is 3. The van der Waals surface area contributed by atoms with Crippen molar-refractivity contribution in [1.29, 1.82) is 0 Å². The number of carbonyl (C=O) groups excluding carboxylic acids is 1. The molecule has 3 aromatic carbocycles. The Morgan fingerprint density at radius 1 is 0.939 bits per heavy atom. The van der Waals surface area contributed by atoms with Gasteiger partial charge < -0.3 is 23.8 Å². The second-order valence-electron chi connectivity index (χ2n) is 7.76. The summed E-state index contributed by atoms with van der Waals surface area (Å²) in [4.78, 5) is 25.9. The summed E-state index contributed by atoms with van der Waals surface area (Å²) in [6, 6.07) is 19.2. The van der Waals surface area contributed by atoms with Gasteiger partial charge in [-0.05, 0) is 59.8 Å². The molecule has 0 bridgehead atoms. The maximum atomic E-state index is 13.0. The van der Waals surface area contributed by atoms with Crippen LogP contribution in [-0.4, -0.2) is 44.2 Å². The summed E-state index contributed by atoms with van der Waals surface area (Å²) >= 11 is 0. The van der Waals surface area contributed by atoms with Crippen molar-refractivity contribution in [1.82, 2.24) is 4.90 Å². The monoisotopic (exact) mass is 446 g/mol. The molecule has 2 heterocycles. The minimum atomic E-state index is -1.35. The van der Waals surface area contributed by atoms with Crippen molar-refractivity contribution in [2.45, 2.75) is 5.79 Å². The van der Waals surface area contributed by atoms with Gasteiger partial charge in [-0.25, -0.2) is 0 Å². The molecule has 3 aromatic rings. The number of carbonyl (C=O) groups is 1. The predicted molar refractivity (Wildman–Crippen MR) is 120 cm³/mol. The molecule has 0 saturated carbocycles. The number of nitroso groups, excluding NO2 is 1. The first-order chi connectivity index (χ1) is 16.1. The molecule has 1 fully saturated rings. The first-order valence-corrected chi connectivity index (χ1v) is 10.6. The molecule has 0 aromatic heterocycles. The Balaban J connectivity index is 1.54. The van der Waals surface area contributed by atoms with Gasteiger partial charge >= 0.3 is 5.79 Å². The summed E-state index contributed by atoms with van der Waals surface area (Å²) < 4.78 is 23.4.